The Bertz CT molecular complexity index is 1130. The van der Waals surface area contributed by atoms with Crippen LogP contribution < -0.4 is 4.90 Å². The van der Waals surface area contributed by atoms with Crippen molar-refractivity contribution in [1.29, 1.82) is 0 Å². The Hall–Kier alpha value is -2.73. The number of carbonyl (C=O) groups excluding carboxylic acids is 2. The van der Waals surface area contributed by atoms with E-state index in [-0.39, 0.29) is 11.7 Å². The van der Waals surface area contributed by atoms with E-state index >= 15 is 0 Å². The van der Waals surface area contributed by atoms with Gasteiger partial charge >= 0.3 is 0 Å². The van der Waals surface area contributed by atoms with Gasteiger partial charge < -0.3 is 9.80 Å². The van der Waals surface area contributed by atoms with Crippen LogP contribution in [-0.4, -0.2) is 48.3 Å². The molecule has 200 valence electrons. The first-order chi connectivity index (χ1) is 17.5. The highest BCUT2D eigenvalue weighted by Crippen LogP contribution is 2.34. The van der Waals surface area contributed by atoms with Gasteiger partial charge in [0.15, 0.2) is 5.78 Å². The molecular formula is C31H43N3O2S. The van der Waals surface area contributed by atoms with Crippen molar-refractivity contribution in [1.82, 2.24) is 9.88 Å². The summed E-state index contributed by atoms with van der Waals surface area (Å²) in [7, 11) is 1.95. The Morgan fingerprint density at radius 2 is 1.76 bits per heavy atom. The van der Waals surface area contributed by atoms with Gasteiger partial charge in [0.25, 0.3) is 0 Å². The Labute approximate surface area is 227 Å². The maximum absolute atomic E-state index is 12.6. The first kappa shape index (κ1) is 28.8. The molecule has 0 N–H and O–H groups in total. The zero-order chi connectivity index (χ0) is 27.2. The van der Waals surface area contributed by atoms with Crippen molar-refractivity contribution in [3.63, 3.8) is 0 Å². The molecule has 1 aromatic heterocycles. The molecule has 4 rings (SSSR count). The predicted molar refractivity (Wildman–Crippen MR) is 156 cm³/mol. The van der Waals surface area contributed by atoms with Crippen molar-refractivity contribution in [3.8, 4) is 0 Å². The number of likely N-dealkylation sites (tertiary alicyclic amines) is 1. The zero-order valence-corrected chi connectivity index (χ0v) is 24.5. The van der Waals surface area contributed by atoms with Crippen LogP contribution in [0.5, 0.6) is 0 Å². The van der Waals surface area contributed by atoms with Gasteiger partial charge in [-0.2, -0.15) is 0 Å². The summed E-state index contributed by atoms with van der Waals surface area (Å²) in [6.45, 7) is 14.6. The Kier molecular flexibility index (Phi) is 9.88. The van der Waals surface area contributed by atoms with Crippen LogP contribution in [0.4, 0.5) is 5.69 Å². The number of anilines is 1. The molecular weight excluding hydrogens is 478 g/mol. The van der Waals surface area contributed by atoms with Crippen molar-refractivity contribution in [3.05, 3.63) is 69.2 Å². The molecule has 5 nitrogen and oxygen atoms in total. The van der Waals surface area contributed by atoms with Crippen LogP contribution in [0.2, 0.25) is 0 Å². The third-order valence-corrected chi connectivity index (χ3v) is 8.24. The lowest BCUT2D eigenvalue weighted by Gasteiger charge is -2.32. The number of ketones is 1. The second-order valence-corrected chi connectivity index (χ2v) is 12.2. The van der Waals surface area contributed by atoms with E-state index in [0.29, 0.717) is 23.6 Å². The third-order valence-electron chi connectivity index (χ3n) is 7.24. The standard InChI is InChI=1S/C20H25N3O2S.C11H18/c1-14-4-6-17(7-5-14)22(3)12-19(25)23-10-8-16(9-11-23)20-21-18(13-26-20)15(2)24;1-9-7-5-6-8-10(9)11(2,3)4/h4-7,13,16H,8-12H2,1-3H3;5,7H,6,8H2,1-4H3. The molecule has 37 heavy (non-hydrogen) atoms. The molecule has 1 fully saturated rings. The fourth-order valence-electron chi connectivity index (χ4n) is 4.96. The van der Waals surface area contributed by atoms with E-state index in [1.54, 1.807) is 23.8 Å². The Morgan fingerprint density at radius 3 is 2.27 bits per heavy atom. The van der Waals surface area contributed by atoms with Crippen LogP contribution in [-0.2, 0) is 4.79 Å². The van der Waals surface area contributed by atoms with Gasteiger partial charge in [-0.05, 0) is 57.1 Å². The number of hydrogen-bond donors (Lipinski definition) is 0. The van der Waals surface area contributed by atoms with E-state index < -0.39 is 0 Å². The van der Waals surface area contributed by atoms with E-state index in [4.69, 9.17) is 0 Å². The molecule has 2 aromatic rings. The largest absolute Gasteiger partial charge is 0.365 e. The average Bonchev–Trinajstić information content (AvgIpc) is 3.35. The number of allylic oxidation sites excluding steroid dienone is 4. The van der Waals surface area contributed by atoms with Gasteiger partial charge in [0.2, 0.25) is 5.91 Å². The number of nitrogens with zero attached hydrogens (tertiary/aromatic N) is 3. The lowest BCUT2D eigenvalue weighted by Crippen LogP contribution is -2.43. The van der Waals surface area contributed by atoms with Crippen LogP contribution >= 0.6 is 11.3 Å². The van der Waals surface area contributed by atoms with E-state index in [2.05, 4.69) is 63.9 Å². The van der Waals surface area contributed by atoms with Gasteiger partial charge in [0.1, 0.15) is 5.69 Å². The Balaban J connectivity index is 0.000000289. The highest BCUT2D eigenvalue weighted by atomic mass is 32.1. The number of Topliss-reactive ketones (excluding diaryl/α,β-unsaturated/α-hetero) is 1. The number of aromatic nitrogens is 1. The first-order valence-corrected chi connectivity index (χ1v) is 14.2. The number of rotatable bonds is 5. The van der Waals surface area contributed by atoms with E-state index in [9.17, 15) is 9.59 Å². The molecule has 0 radical (unpaired) electrons. The summed E-state index contributed by atoms with van der Waals surface area (Å²) in [5.74, 6) is 0.529. The number of piperidine rings is 1. The topological polar surface area (TPSA) is 53.5 Å². The first-order valence-electron chi connectivity index (χ1n) is 13.3. The third kappa shape index (κ3) is 8.13. The van der Waals surface area contributed by atoms with Crippen LogP contribution in [0.15, 0.2) is 52.9 Å². The minimum atomic E-state index is 0.0132. The molecule has 0 saturated carbocycles. The SMILES string of the molecule is CC(=O)c1csc(C2CCN(C(=O)CN(C)c3ccc(C)cc3)CC2)n1.CC1=C(C(C)(C)C)CCC=C1. The lowest BCUT2D eigenvalue weighted by molar-refractivity contribution is -0.130. The molecule has 0 spiro atoms. The summed E-state index contributed by atoms with van der Waals surface area (Å²) in [5.41, 5.74) is 6.30. The van der Waals surface area contributed by atoms with Gasteiger partial charge in [0, 0.05) is 44.0 Å². The number of benzene rings is 1. The average molecular weight is 522 g/mol. The maximum atomic E-state index is 12.6. The summed E-state index contributed by atoms with van der Waals surface area (Å²) in [6.07, 6.45) is 8.82. The van der Waals surface area contributed by atoms with Crippen LogP contribution in [0, 0.1) is 12.3 Å². The van der Waals surface area contributed by atoms with Crippen molar-refractivity contribution in [2.75, 3.05) is 31.6 Å². The fourth-order valence-corrected chi connectivity index (χ4v) is 5.99. The molecule has 0 bridgehead atoms. The molecule has 1 saturated heterocycles. The minimum absolute atomic E-state index is 0.0132. The van der Waals surface area contributed by atoms with E-state index in [1.807, 2.05) is 34.4 Å². The van der Waals surface area contributed by atoms with Gasteiger partial charge in [-0.25, -0.2) is 4.98 Å². The summed E-state index contributed by atoms with van der Waals surface area (Å²) in [6, 6.07) is 8.21. The normalized spacial score (nSPS) is 16.4. The lowest BCUT2D eigenvalue weighted by atomic mass is 9.79. The van der Waals surface area contributed by atoms with Gasteiger partial charge in [0.05, 0.1) is 11.6 Å². The number of amides is 1. The molecule has 6 heteroatoms. The molecule has 1 aromatic carbocycles. The number of hydrogen-bond acceptors (Lipinski definition) is 5. The maximum Gasteiger partial charge on any atom is 0.242 e. The van der Waals surface area contributed by atoms with Crippen LogP contribution in [0.3, 0.4) is 0 Å². The monoisotopic (exact) mass is 521 g/mol. The quantitative estimate of drug-likeness (QED) is 0.391. The van der Waals surface area contributed by atoms with E-state index in [0.717, 1.165) is 36.6 Å². The molecule has 1 amide bonds. The second kappa shape index (κ2) is 12.7. The summed E-state index contributed by atoms with van der Waals surface area (Å²) in [5, 5.41) is 2.87. The van der Waals surface area contributed by atoms with Crippen molar-refractivity contribution >= 4 is 28.7 Å². The summed E-state index contributed by atoms with van der Waals surface area (Å²) >= 11 is 1.56. The summed E-state index contributed by atoms with van der Waals surface area (Å²) in [4.78, 5) is 32.4. The smallest absolute Gasteiger partial charge is 0.242 e. The van der Waals surface area contributed by atoms with Crippen molar-refractivity contribution < 1.29 is 9.59 Å². The summed E-state index contributed by atoms with van der Waals surface area (Å²) < 4.78 is 0. The molecule has 0 atom stereocenters. The second-order valence-electron chi connectivity index (χ2n) is 11.3. The van der Waals surface area contributed by atoms with Gasteiger partial charge in [-0.15, -0.1) is 11.3 Å². The highest BCUT2D eigenvalue weighted by Gasteiger charge is 2.26. The van der Waals surface area contributed by atoms with E-state index in [1.165, 1.54) is 24.0 Å². The zero-order valence-electron chi connectivity index (χ0n) is 23.6. The number of aryl methyl sites for hydroxylation is 1. The predicted octanol–water partition coefficient (Wildman–Crippen LogP) is 7.20. The van der Waals surface area contributed by atoms with Gasteiger partial charge in [-0.1, -0.05) is 61.8 Å². The molecule has 1 aliphatic carbocycles. The number of carbonyl (C=O) groups is 2. The van der Waals surface area contributed by atoms with Gasteiger partial charge in [-0.3, -0.25) is 9.59 Å². The molecule has 1 aliphatic heterocycles. The number of thiazole rings is 1. The molecule has 2 heterocycles. The van der Waals surface area contributed by atoms with Crippen LogP contribution in [0.1, 0.15) is 87.3 Å². The molecule has 2 aliphatic rings. The Morgan fingerprint density at radius 1 is 1.11 bits per heavy atom. The van der Waals surface area contributed by atoms with Crippen molar-refractivity contribution in [2.45, 2.75) is 73.1 Å². The fraction of sp³-hybridized carbons (Fsp3) is 0.516. The number of likely N-dealkylation sites (N-methyl/N-ethyl adjacent to an activating group) is 1. The van der Waals surface area contributed by atoms with Crippen LogP contribution in [0.25, 0.3) is 0 Å². The minimum Gasteiger partial charge on any atom is -0.365 e. The van der Waals surface area contributed by atoms with Crippen molar-refractivity contribution in [2.24, 2.45) is 5.41 Å². The highest BCUT2D eigenvalue weighted by molar-refractivity contribution is 7.09. The molecule has 0 unspecified atom stereocenters.